The maximum absolute atomic E-state index is 13.2. The molecule has 14 nitrogen and oxygen atoms in total. The minimum Gasteiger partial charge on any atom is -0.490 e. The molecule has 1 fully saturated rings. The molecule has 1 aromatic heterocycles. The van der Waals surface area contributed by atoms with Crippen molar-refractivity contribution in [3.05, 3.63) is 40.4 Å². The number of carbonyl (C=O) groups is 2. The number of nitrogens with zero attached hydrogens (tertiary/aromatic N) is 4. The molecule has 5 N–H and O–H groups in total. The van der Waals surface area contributed by atoms with Crippen LogP contribution in [0.5, 0.6) is 5.75 Å². The number of ether oxygens (including phenoxy) is 1. The normalized spacial score (nSPS) is 22.2. The average molecular weight is 612 g/mol. The van der Waals surface area contributed by atoms with E-state index in [1.165, 1.54) is 30.4 Å². The Bertz CT molecular complexity index is 1440. The molecular weight excluding hydrogens is 576 g/mol. The van der Waals surface area contributed by atoms with Crippen LogP contribution in [0.2, 0.25) is 0 Å². The molecule has 2 atom stereocenters. The van der Waals surface area contributed by atoms with E-state index in [0.717, 1.165) is 41.9 Å². The van der Waals surface area contributed by atoms with Gasteiger partial charge in [0.15, 0.2) is 23.2 Å². The highest BCUT2D eigenvalue weighted by Crippen LogP contribution is 2.40. The Morgan fingerprint density at radius 3 is 2.71 bits per heavy atom. The Hall–Kier alpha value is -3.15. The van der Waals surface area contributed by atoms with Gasteiger partial charge in [-0.25, -0.2) is 4.98 Å². The molecule has 1 saturated heterocycles. The van der Waals surface area contributed by atoms with Gasteiger partial charge in [-0.15, -0.1) is 15.6 Å². The highest BCUT2D eigenvalue weighted by molar-refractivity contribution is 7.80. The zero-order valence-electron chi connectivity index (χ0n) is 23.1. The van der Waals surface area contributed by atoms with Crippen LogP contribution in [-0.4, -0.2) is 90.3 Å². The van der Waals surface area contributed by atoms with E-state index in [0.29, 0.717) is 17.4 Å². The van der Waals surface area contributed by atoms with E-state index in [1.54, 1.807) is 0 Å². The number of likely N-dealkylation sites (N-methyl/N-ethyl adjacent to an activating group) is 1. The highest BCUT2D eigenvalue weighted by Gasteiger charge is 2.57. The first-order chi connectivity index (χ1) is 19.2. The number of ketones is 1. The number of carbonyl (C=O) groups excluding carboxylic acids is 2. The second-order valence-corrected chi connectivity index (χ2v) is 12.7. The number of aromatic nitrogens is 1. The molecule has 16 heteroatoms. The Labute approximate surface area is 242 Å². The van der Waals surface area contributed by atoms with Gasteiger partial charge in [-0.2, -0.15) is 13.5 Å². The number of nitrogen functional groups attached to an aromatic ring is 1. The van der Waals surface area contributed by atoms with Gasteiger partial charge in [0.25, 0.3) is 5.91 Å². The van der Waals surface area contributed by atoms with Crippen LogP contribution in [0.3, 0.4) is 0 Å². The van der Waals surface area contributed by atoms with Crippen molar-refractivity contribution < 1.29 is 40.9 Å². The molecule has 2 aromatic rings. The molecule has 1 unspecified atom stereocenters. The number of amides is 1. The van der Waals surface area contributed by atoms with Gasteiger partial charge in [0.05, 0.1) is 31.6 Å². The number of quaternary nitrogens is 1. The molecule has 1 aromatic carbocycles. The van der Waals surface area contributed by atoms with Crippen LogP contribution in [0.1, 0.15) is 37.1 Å². The predicted octanol–water partition coefficient (Wildman–Crippen LogP) is 0.917. The van der Waals surface area contributed by atoms with Crippen LogP contribution in [0, 0.1) is 5.92 Å². The lowest BCUT2D eigenvalue weighted by Gasteiger charge is -2.50. The Kier molecular flexibility index (Phi) is 9.01. The lowest BCUT2D eigenvalue weighted by atomic mass is 9.74. The second kappa shape index (κ2) is 12.0. The number of hydrogen-bond acceptors (Lipinski definition) is 12. The summed E-state index contributed by atoms with van der Waals surface area (Å²) in [6.45, 7) is 6.73. The van der Waals surface area contributed by atoms with E-state index in [4.69, 9.17) is 25.6 Å². The van der Waals surface area contributed by atoms with Gasteiger partial charge >= 0.3 is 10.4 Å². The van der Waals surface area contributed by atoms with E-state index in [1.807, 2.05) is 12.1 Å². The van der Waals surface area contributed by atoms with Crippen molar-refractivity contribution in [1.29, 1.82) is 0 Å². The molecule has 4 rings (SSSR count). The maximum atomic E-state index is 13.2. The van der Waals surface area contributed by atoms with Crippen molar-refractivity contribution in [3.8, 4) is 5.75 Å². The molecule has 0 aliphatic carbocycles. The quantitative estimate of drug-likeness (QED) is 0.0727. The largest absolute Gasteiger partial charge is 0.490 e. The van der Waals surface area contributed by atoms with Gasteiger partial charge in [-0.1, -0.05) is 5.16 Å². The standard InChI is InChI=1S/C25H34N6O8S2/c1-25(2)19(23(33)30(25)39-41(34,35)36)13-21(32)22(20-15-40-24(27)28-20)29-38-11-10-37-18-5-4-17-14-31(3,9-7-26)8-6-16(17)12-18/h4-5,12,15,19H,6-11,13-14,26H2,1-3H3,(H2-,27,28,34,35,36)/p+1/b29-22-/t19-,31?/m1/s1. The van der Waals surface area contributed by atoms with Crippen molar-refractivity contribution in [2.45, 2.75) is 38.8 Å². The number of oxime groups is 1. The molecule has 3 heterocycles. The third kappa shape index (κ3) is 7.20. The molecule has 0 spiro atoms. The minimum absolute atomic E-state index is 0.0305. The fraction of sp³-hybridized carbons (Fsp3) is 0.520. The first kappa shape index (κ1) is 30.8. The number of fused-ring (bicyclic) bond motifs is 1. The number of rotatable bonds is 13. The number of benzene rings is 1. The summed E-state index contributed by atoms with van der Waals surface area (Å²) in [7, 11) is -2.69. The van der Waals surface area contributed by atoms with Gasteiger partial charge in [-0.3, -0.25) is 14.1 Å². The predicted molar refractivity (Wildman–Crippen MR) is 150 cm³/mol. The number of hydroxylamine groups is 2. The number of Topliss-reactive ketones (excluding diaryl/α,β-unsaturated/α-hetero) is 1. The van der Waals surface area contributed by atoms with Gasteiger partial charge in [-0.05, 0) is 37.6 Å². The number of nitrogens with two attached hydrogens (primary N) is 2. The van der Waals surface area contributed by atoms with Gasteiger partial charge in [0.1, 0.15) is 24.6 Å². The van der Waals surface area contributed by atoms with E-state index in [-0.39, 0.29) is 36.2 Å². The van der Waals surface area contributed by atoms with Crippen molar-refractivity contribution in [2.24, 2.45) is 16.8 Å². The smallest absolute Gasteiger partial charge is 0.418 e. The van der Waals surface area contributed by atoms with Crippen LogP contribution < -0.4 is 16.2 Å². The van der Waals surface area contributed by atoms with E-state index >= 15 is 0 Å². The van der Waals surface area contributed by atoms with Crippen LogP contribution in [0.15, 0.2) is 28.7 Å². The van der Waals surface area contributed by atoms with E-state index in [9.17, 15) is 18.0 Å². The number of anilines is 1. The SMILES string of the molecule is CC1(C)[C@H](CC(=O)/C(=N\OCCOc2ccc3c(c2)CC[N+](C)(CCN)C3)c2csc(N)n2)C(=O)N1OS(=O)(=O)O. The van der Waals surface area contributed by atoms with Crippen molar-refractivity contribution in [3.63, 3.8) is 0 Å². The fourth-order valence-electron chi connectivity index (χ4n) is 5.06. The zero-order chi connectivity index (χ0) is 30.0. The van der Waals surface area contributed by atoms with E-state index in [2.05, 4.69) is 27.5 Å². The summed E-state index contributed by atoms with van der Waals surface area (Å²) in [5.74, 6) is -1.57. The van der Waals surface area contributed by atoms with E-state index < -0.39 is 33.5 Å². The minimum atomic E-state index is -4.91. The molecule has 2 aliphatic rings. The molecule has 0 saturated carbocycles. The van der Waals surface area contributed by atoms with Gasteiger partial charge in [0.2, 0.25) is 0 Å². The Balaban J connectivity index is 1.36. The fourth-order valence-corrected chi connectivity index (χ4v) is 6.06. The summed E-state index contributed by atoms with van der Waals surface area (Å²) in [5.41, 5.74) is 12.9. The monoisotopic (exact) mass is 611 g/mol. The second-order valence-electron chi connectivity index (χ2n) is 10.9. The lowest BCUT2D eigenvalue weighted by Crippen LogP contribution is -2.68. The van der Waals surface area contributed by atoms with Crippen molar-refractivity contribution >= 4 is 44.3 Å². The zero-order valence-corrected chi connectivity index (χ0v) is 24.7. The van der Waals surface area contributed by atoms with Crippen molar-refractivity contribution in [2.75, 3.05) is 45.6 Å². The molecule has 2 aliphatic heterocycles. The Morgan fingerprint density at radius 1 is 1.32 bits per heavy atom. The topological polar surface area (TPSA) is 197 Å². The number of hydrogen-bond donors (Lipinski definition) is 3. The molecular formula is C25H35N6O8S2+. The van der Waals surface area contributed by atoms with Crippen molar-refractivity contribution in [1.82, 2.24) is 10.0 Å². The summed E-state index contributed by atoms with van der Waals surface area (Å²) in [6.07, 6.45) is 0.609. The lowest BCUT2D eigenvalue weighted by molar-refractivity contribution is -0.923. The first-order valence-corrected chi connectivity index (χ1v) is 15.2. The van der Waals surface area contributed by atoms with Crippen LogP contribution in [0.4, 0.5) is 5.13 Å². The highest BCUT2D eigenvalue weighted by atomic mass is 32.3. The van der Waals surface area contributed by atoms with Crippen LogP contribution in [0.25, 0.3) is 0 Å². The van der Waals surface area contributed by atoms with Crippen LogP contribution in [-0.2, 0) is 42.1 Å². The Morgan fingerprint density at radius 2 is 2.07 bits per heavy atom. The summed E-state index contributed by atoms with van der Waals surface area (Å²) >= 11 is 1.11. The molecule has 1 amide bonds. The molecule has 0 radical (unpaired) electrons. The first-order valence-electron chi connectivity index (χ1n) is 13.0. The third-order valence-electron chi connectivity index (χ3n) is 7.38. The van der Waals surface area contributed by atoms with Gasteiger partial charge in [0, 0.05) is 30.3 Å². The summed E-state index contributed by atoms with van der Waals surface area (Å²) in [6, 6.07) is 6.02. The molecule has 41 heavy (non-hydrogen) atoms. The summed E-state index contributed by atoms with van der Waals surface area (Å²) in [4.78, 5) is 35.2. The number of β-lactam (4-membered cyclic amide) rings is 1. The van der Waals surface area contributed by atoms with Gasteiger partial charge < -0.3 is 25.5 Å². The summed E-state index contributed by atoms with van der Waals surface area (Å²) < 4.78 is 42.2. The maximum Gasteiger partial charge on any atom is 0.418 e. The number of thiazole rings is 1. The summed E-state index contributed by atoms with van der Waals surface area (Å²) in [5, 5.41) is 6.25. The van der Waals surface area contributed by atoms with Crippen LogP contribution >= 0.6 is 11.3 Å². The molecule has 224 valence electrons. The average Bonchev–Trinajstić information content (AvgIpc) is 3.32. The molecule has 0 bridgehead atoms. The third-order valence-corrected chi connectivity index (χ3v) is 8.39.